The van der Waals surface area contributed by atoms with Crippen LogP contribution in [0.5, 0.6) is 0 Å². The van der Waals surface area contributed by atoms with Gasteiger partial charge in [-0.2, -0.15) is 4.72 Å². The van der Waals surface area contributed by atoms with Crippen molar-refractivity contribution in [3.8, 4) is 0 Å². The first-order chi connectivity index (χ1) is 9.45. The molecular formula is C12H12N2O5S. The second-order valence-corrected chi connectivity index (χ2v) is 5.70. The number of nitrogens with zero attached hydrogens (tertiary/aromatic N) is 1. The quantitative estimate of drug-likeness (QED) is 0.712. The Kier molecular flexibility index (Phi) is 3.98. The van der Waals surface area contributed by atoms with Gasteiger partial charge >= 0.3 is 5.97 Å². The number of nitrogens with one attached hydrogen (secondary N) is 1. The number of hydrogen-bond donors (Lipinski definition) is 3. The molecule has 0 saturated heterocycles. The summed E-state index contributed by atoms with van der Waals surface area (Å²) in [4.78, 5) is 14.8. The van der Waals surface area contributed by atoms with Gasteiger partial charge in [-0.1, -0.05) is 6.07 Å². The van der Waals surface area contributed by atoms with Crippen LogP contribution < -0.4 is 4.72 Å². The Morgan fingerprint density at radius 1 is 1.30 bits per heavy atom. The first-order valence-electron chi connectivity index (χ1n) is 5.65. The molecule has 0 fully saturated rings. The molecule has 7 nitrogen and oxygen atoms in total. The highest BCUT2D eigenvalue weighted by molar-refractivity contribution is 7.89. The maximum absolute atomic E-state index is 12.2. The molecular weight excluding hydrogens is 284 g/mol. The molecule has 20 heavy (non-hydrogen) atoms. The van der Waals surface area contributed by atoms with Crippen molar-refractivity contribution in [2.24, 2.45) is 0 Å². The molecule has 0 unspecified atom stereocenters. The molecule has 0 spiro atoms. The van der Waals surface area contributed by atoms with Gasteiger partial charge in [-0.15, -0.1) is 0 Å². The third-order valence-electron chi connectivity index (χ3n) is 2.67. The lowest BCUT2D eigenvalue weighted by atomic mass is 10.2. The van der Waals surface area contributed by atoms with E-state index in [2.05, 4.69) is 4.98 Å². The topological polar surface area (TPSA) is 117 Å². The molecule has 1 aromatic heterocycles. The summed E-state index contributed by atoms with van der Waals surface area (Å²) in [6.07, 6.45) is 1.53. The summed E-state index contributed by atoms with van der Waals surface area (Å²) in [6.45, 7) is -0.836. The molecule has 0 aliphatic carbocycles. The van der Waals surface area contributed by atoms with Crippen LogP contribution in [0, 0.1) is 0 Å². The average molecular weight is 296 g/mol. The van der Waals surface area contributed by atoms with Crippen LogP contribution in [0.4, 0.5) is 0 Å². The summed E-state index contributed by atoms with van der Waals surface area (Å²) < 4.78 is 26.4. The molecule has 0 bridgehead atoms. The maximum atomic E-state index is 12.2. The number of hydrogen-bond acceptors (Lipinski definition) is 5. The normalized spacial score (nSPS) is 13.2. The molecule has 2 rings (SSSR count). The number of aliphatic hydroxyl groups excluding tert-OH is 1. The van der Waals surface area contributed by atoms with E-state index in [9.17, 15) is 13.2 Å². The zero-order valence-electron chi connectivity index (χ0n) is 10.2. The Morgan fingerprint density at radius 2 is 2.05 bits per heavy atom. The van der Waals surface area contributed by atoms with Crippen LogP contribution in [0.25, 0.3) is 10.9 Å². The van der Waals surface area contributed by atoms with Crippen LogP contribution in [0.15, 0.2) is 41.4 Å². The lowest BCUT2D eigenvalue weighted by molar-refractivity contribution is -0.139. The molecule has 0 amide bonds. The Hall–Kier alpha value is -2.03. The summed E-state index contributed by atoms with van der Waals surface area (Å²) in [7, 11) is -4.07. The van der Waals surface area contributed by atoms with Crippen molar-refractivity contribution in [2.75, 3.05) is 6.61 Å². The van der Waals surface area contributed by atoms with E-state index in [0.717, 1.165) is 0 Å². The van der Waals surface area contributed by atoms with E-state index in [4.69, 9.17) is 10.2 Å². The fraction of sp³-hybridized carbons (Fsp3) is 0.167. The van der Waals surface area contributed by atoms with E-state index >= 15 is 0 Å². The van der Waals surface area contributed by atoms with E-state index in [1.54, 1.807) is 18.2 Å². The largest absolute Gasteiger partial charge is 0.480 e. The van der Waals surface area contributed by atoms with Crippen molar-refractivity contribution in [3.63, 3.8) is 0 Å². The minimum absolute atomic E-state index is 0.0807. The van der Waals surface area contributed by atoms with Crippen molar-refractivity contribution in [3.05, 3.63) is 36.5 Å². The number of benzene rings is 1. The third-order valence-corrected chi connectivity index (χ3v) is 4.20. The molecule has 2 aromatic rings. The van der Waals surface area contributed by atoms with E-state index in [1.165, 1.54) is 18.3 Å². The van der Waals surface area contributed by atoms with Crippen molar-refractivity contribution in [1.29, 1.82) is 0 Å². The van der Waals surface area contributed by atoms with Gasteiger partial charge in [-0.3, -0.25) is 9.78 Å². The summed E-state index contributed by atoms with van der Waals surface area (Å²) in [6, 6.07) is 6.08. The molecule has 106 valence electrons. The number of aliphatic hydroxyl groups is 1. The second-order valence-electron chi connectivity index (χ2n) is 4.02. The molecule has 1 aromatic carbocycles. The number of carboxylic acids is 1. The van der Waals surface area contributed by atoms with Gasteiger partial charge in [0.05, 0.1) is 17.0 Å². The highest BCUT2D eigenvalue weighted by Crippen LogP contribution is 2.21. The third kappa shape index (κ3) is 2.77. The summed E-state index contributed by atoms with van der Waals surface area (Å²) in [5, 5.41) is 18.1. The minimum atomic E-state index is -4.07. The molecule has 3 N–H and O–H groups in total. The van der Waals surface area contributed by atoms with E-state index in [1.807, 2.05) is 4.72 Å². The van der Waals surface area contributed by atoms with Gasteiger partial charge in [0.2, 0.25) is 10.0 Å². The van der Waals surface area contributed by atoms with Gasteiger partial charge in [0.25, 0.3) is 0 Å². The SMILES string of the molecule is O=C(O)[C@H](CO)NS(=O)(=O)c1cccc2ncccc12. The highest BCUT2D eigenvalue weighted by atomic mass is 32.2. The van der Waals surface area contributed by atoms with Crippen molar-refractivity contribution in [2.45, 2.75) is 10.9 Å². The van der Waals surface area contributed by atoms with E-state index in [-0.39, 0.29) is 4.90 Å². The van der Waals surface area contributed by atoms with Crippen LogP contribution in [0.1, 0.15) is 0 Å². The Bertz CT molecular complexity index is 739. The summed E-state index contributed by atoms with van der Waals surface area (Å²) >= 11 is 0. The minimum Gasteiger partial charge on any atom is -0.480 e. The van der Waals surface area contributed by atoms with Crippen LogP contribution in [-0.2, 0) is 14.8 Å². The molecule has 1 heterocycles. The number of aliphatic carboxylic acids is 1. The Labute approximate surface area is 114 Å². The number of aromatic nitrogens is 1. The fourth-order valence-corrected chi connectivity index (χ4v) is 3.12. The van der Waals surface area contributed by atoms with Crippen LogP contribution in [-0.4, -0.2) is 42.2 Å². The standard InChI is InChI=1S/C12H12N2O5S/c15-7-10(12(16)17)14-20(18,19)11-5-1-4-9-8(11)3-2-6-13-9/h1-6,10,14-15H,7H2,(H,16,17)/t10-/m0/s1. The Balaban J connectivity index is 2.50. The van der Waals surface area contributed by atoms with Gasteiger partial charge < -0.3 is 10.2 Å². The molecule has 8 heteroatoms. The number of carboxylic acid groups (broad SMARTS) is 1. The smallest absolute Gasteiger partial charge is 0.324 e. The molecule has 0 saturated carbocycles. The van der Waals surface area contributed by atoms with Gasteiger partial charge in [0.15, 0.2) is 0 Å². The number of fused-ring (bicyclic) bond motifs is 1. The first-order valence-corrected chi connectivity index (χ1v) is 7.14. The van der Waals surface area contributed by atoms with Crippen molar-refractivity contribution in [1.82, 2.24) is 9.71 Å². The Morgan fingerprint density at radius 3 is 2.70 bits per heavy atom. The number of sulfonamides is 1. The number of pyridine rings is 1. The fourth-order valence-electron chi connectivity index (χ4n) is 1.73. The molecule has 0 aliphatic rings. The van der Waals surface area contributed by atoms with Crippen molar-refractivity contribution >= 4 is 26.9 Å². The van der Waals surface area contributed by atoms with Gasteiger partial charge in [-0.25, -0.2) is 8.42 Å². The van der Waals surface area contributed by atoms with Crippen molar-refractivity contribution < 1.29 is 23.4 Å². The zero-order chi connectivity index (χ0) is 14.8. The molecule has 0 radical (unpaired) electrons. The van der Waals surface area contributed by atoms with Crippen LogP contribution >= 0.6 is 0 Å². The number of rotatable bonds is 5. The molecule has 1 atom stereocenters. The van der Waals surface area contributed by atoms with E-state index in [0.29, 0.717) is 10.9 Å². The van der Waals surface area contributed by atoms with Gasteiger partial charge in [0.1, 0.15) is 6.04 Å². The highest BCUT2D eigenvalue weighted by Gasteiger charge is 2.25. The average Bonchev–Trinajstić information content (AvgIpc) is 2.43. The molecule has 0 aliphatic heterocycles. The van der Waals surface area contributed by atoms with Crippen LogP contribution in [0.2, 0.25) is 0 Å². The summed E-state index contributed by atoms with van der Waals surface area (Å²) in [5.41, 5.74) is 0.478. The van der Waals surface area contributed by atoms with Crippen LogP contribution in [0.3, 0.4) is 0 Å². The zero-order valence-corrected chi connectivity index (χ0v) is 11.0. The predicted octanol–water partition coefficient (Wildman–Crippen LogP) is -0.0414. The van der Waals surface area contributed by atoms with E-state index < -0.39 is 28.6 Å². The maximum Gasteiger partial charge on any atom is 0.324 e. The lowest BCUT2D eigenvalue weighted by Gasteiger charge is -2.13. The first kappa shape index (κ1) is 14.4. The van der Waals surface area contributed by atoms with Gasteiger partial charge in [-0.05, 0) is 24.3 Å². The number of carbonyl (C=O) groups is 1. The monoisotopic (exact) mass is 296 g/mol. The summed E-state index contributed by atoms with van der Waals surface area (Å²) in [5.74, 6) is -1.45. The lowest BCUT2D eigenvalue weighted by Crippen LogP contribution is -2.43. The second kappa shape index (κ2) is 5.53. The van der Waals surface area contributed by atoms with Gasteiger partial charge in [0, 0.05) is 11.6 Å². The predicted molar refractivity (Wildman–Crippen MR) is 70.6 cm³/mol.